The van der Waals surface area contributed by atoms with Crippen LogP contribution in [0.1, 0.15) is 76.6 Å². The molecular weight excluding hydrogens is 643 g/mol. The average Bonchev–Trinajstić information content (AvgIpc) is 2.94. The zero-order valence-electron chi connectivity index (χ0n) is 30.3. The van der Waals surface area contributed by atoms with Gasteiger partial charge >= 0.3 is 12.1 Å². The highest BCUT2D eigenvalue weighted by Crippen LogP contribution is 2.22. The highest BCUT2D eigenvalue weighted by atomic mass is 32.2. The molecule has 0 fully saturated rings. The summed E-state index contributed by atoms with van der Waals surface area (Å²) in [6.07, 6.45) is 0.666. The summed E-state index contributed by atoms with van der Waals surface area (Å²) in [5.41, 5.74) is 7.75. The number of esters is 1. The highest BCUT2D eigenvalue weighted by Gasteiger charge is 2.27. The molecule has 0 unspecified atom stereocenters. The van der Waals surface area contributed by atoms with Crippen molar-refractivity contribution in [2.24, 2.45) is 10.7 Å². The zero-order valence-corrected chi connectivity index (χ0v) is 31.1. The number of carbonyl (C=O) groups is 2. The molecule has 0 heterocycles. The largest absolute Gasteiger partial charge is 0.459 e. The van der Waals surface area contributed by atoms with E-state index in [4.69, 9.17) is 15.2 Å². The number of amides is 1. The SMILES string of the molecule is Cc1cc(C)c(S(=O)(=O)NC(N)=NCCC[C@@H](CN[C@@H](Cc2ccc3ccccc3c2)C(=O)OC(C)(C)C)NC(=O)OC(C)(C)C)c(C)c1. The predicted octanol–water partition coefficient (Wildman–Crippen LogP) is 5.57. The van der Waals surface area contributed by atoms with Crippen molar-refractivity contribution in [3.63, 3.8) is 0 Å². The average molecular weight is 696 g/mol. The molecule has 0 saturated carbocycles. The number of hydrogen-bond acceptors (Lipinski definition) is 8. The molecule has 0 aliphatic rings. The molecule has 0 bridgehead atoms. The first-order valence-electron chi connectivity index (χ1n) is 16.6. The number of fused-ring (bicyclic) bond motifs is 1. The van der Waals surface area contributed by atoms with Gasteiger partial charge in [-0.15, -0.1) is 0 Å². The Morgan fingerprint density at radius 1 is 0.878 bits per heavy atom. The number of benzene rings is 3. The number of guanidine groups is 1. The van der Waals surface area contributed by atoms with E-state index in [0.717, 1.165) is 21.9 Å². The molecule has 0 radical (unpaired) electrons. The van der Waals surface area contributed by atoms with Crippen LogP contribution in [-0.4, -0.2) is 62.8 Å². The number of aliphatic imine (C=N–C) groups is 1. The van der Waals surface area contributed by atoms with Crippen molar-refractivity contribution in [2.45, 2.75) is 110 Å². The molecule has 11 nitrogen and oxygen atoms in total. The van der Waals surface area contributed by atoms with Gasteiger partial charge in [0.15, 0.2) is 0 Å². The Morgan fingerprint density at radius 3 is 2.10 bits per heavy atom. The fourth-order valence-corrected chi connectivity index (χ4v) is 6.95. The lowest BCUT2D eigenvalue weighted by molar-refractivity contribution is -0.157. The first kappa shape index (κ1) is 39.3. The number of nitrogens with one attached hydrogen (secondary N) is 3. The Labute approximate surface area is 291 Å². The van der Waals surface area contributed by atoms with Crippen LogP contribution in [-0.2, 0) is 30.7 Å². The Hall–Kier alpha value is -4.16. The van der Waals surface area contributed by atoms with E-state index in [9.17, 15) is 18.0 Å². The molecule has 0 aliphatic heterocycles. The van der Waals surface area contributed by atoms with Gasteiger partial charge in [0.05, 0.1) is 4.90 Å². The maximum atomic E-state index is 13.4. The van der Waals surface area contributed by atoms with Gasteiger partial charge in [-0.3, -0.25) is 9.79 Å². The van der Waals surface area contributed by atoms with E-state index in [1.165, 1.54) is 0 Å². The number of alkyl carbamates (subject to hydrolysis) is 1. The summed E-state index contributed by atoms with van der Waals surface area (Å²) in [4.78, 5) is 30.6. The normalized spacial score (nSPS) is 13.9. The smallest absolute Gasteiger partial charge is 0.407 e. The molecule has 268 valence electrons. The van der Waals surface area contributed by atoms with Gasteiger partial charge in [-0.1, -0.05) is 60.2 Å². The highest BCUT2D eigenvalue weighted by molar-refractivity contribution is 7.90. The van der Waals surface area contributed by atoms with Crippen LogP contribution in [0.25, 0.3) is 10.8 Å². The molecule has 0 aromatic heterocycles. The zero-order chi connectivity index (χ0) is 36.6. The van der Waals surface area contributed by atoms with Gasteiger partial charge in [0.1, 0.15) is 17.2 Å². The van der Waals surface area contributed by atoms with Crippen LogP contribution in [0.5, 0.6) is 0 Å². The lowest BCUT2D eigenvalue weighted by Gasteiger charge is -2.27. The summed E-state index contributed by atoms with van der Waals surface area (Å²) in [6, 6.07) is 16.6. The van der Waals surface area contributed by atoms with Crippen LogP contribution in [0, 0.1) is 20.8 Å². The number of carbonyl (C=O) groups excluding carboxylic acids is 2. The fraction of sp³-hybridized carbons (Fsp3) is 0.486. The minimum atomic E-state index is -3.94. The molecule has 12 heteroatoms. The van der Waals surface area contributed by atoms with Crippen molar-refractivity contribution in [3.8, 4) is 0 Å². The monoisotopic (exact) mass is 695 g/mol. The summed E-state index contributed by atoms with van der Waals surface area (Å²) >= 11 is 0. The minimum Gasteiger partial charge on any atom is -0.459 e. The van der Waals surface area contributed by atoms with Crippen LogP contribution in [0.3, 0.4) is 0 Å². The van der Waals surface area contributed by atoms with Gasteiger partial charge in [-0.05, 0) is 109 Å². The molecule has 3 rings (SSSR count). The van der Waals surface area contributed by atoms with E-state index >= 15 is 0 Å². The summed E-state index contributed by atoms with van der Waals surface area (Å²) in [5.74, 6) is -0.630. The first-order chi connectivity index (χ1) is 22.7. The summed E-state index contributed by atoms with van der Waals surface area (Å²) < 4.78 is 39.8. The second kappa shape index (κ2) is 16.5. The van der Waals surface area contributed by atoms with Crippen LogP contribution in [0.2, 0.25) is 0 Å². The van der Waals surface area contributed by atoms with E-state index in [0.29, 0.717) is 30.4 Å². The number of rotatable bonds is 13. The first-order valence-corrected chi connectivity index (χ1v) is 18.0. The van der Waals surface area contributed by atoms with Crippen molar-refractivity contribution < 1.29 is 27.5 Å². The third-order valence-electron chi connectivity index (χ3n) is 7.38. The second-order valence-corrected chi connectivity index (χ2v) is 16.1. The van der Waals surface area contributed by atoms with Crippen molar-refractivity contribution in [2.75, 3.05) is 13.1 Å². The maximum absolute atomic E-state index is 13.4. The molecule has 0 saturated heterocycles. The third-order valence-corrected chi connectivity index (χ3v) is 9.04. The van der Waals surface area contributed by atoms with Crippen molar-refractivity contribution in [1.29, 1.82) is 0 Å². The van der Waals surface area contributed by atoms with Crippen molar-refractivity contribution >= 4 is 38.8 Å². The second-order valence-electron chi connectivity index (χ2n) is 14.5. The van der Waals surface area contributed by atoms with E-state index in [1.807, 2.05) is 64.1 Å². The number of hydrogen-bond donors (Lipinski definition) is 4. The number of ether oxygens (including phenoxy) is 2. The van der Waals surface area contributed by atoms with E-state index in [1.54, 1.807) is 46.8 Å². The molecule has 1 amide bonds. The van der Waals surface area contributed by atoms with Gasteiger partial charge in [0.2, 0.25) is 5.96 Å². The van der Waals surface area contributed by atoms with E-state index in [-0.39, 0.29) is 23.9 Å². The topological polar surface area (TPSA) is 161 Å². The lowest BCUT2D eigenvalue weighted by Crippen LogP contribution is -2.50. The Balaban J connectivity index is 1.73. The molecular formula is C37H53N5O6S. The van der Waals surface area contributed by atoms with Gasteiger partial charge < -0.3 is 25.8 Å². The molecule has 0 aliphatic carbocycles. The standard InChI is InChI=1S/C37H53N5O6S/c1-24-19-25(2)32(26(3)20-24)49(45,46)42-34(38)39-18-12-15-30(41-35(44)48-37(7,8)9)23-40-31(33(43)47-36(4,5)6)22-27-16-17-28-13-10-11-14-29(28)21-27/h10-11,13-14,16-17,19-21,30-31,40H,12,15,18,22-23H2,1-9H3,(H,41,44)(H3,38,39,42)/t30-,31-/m0/s1. The molecule has 5 N–H and O–H groups in total. The summed E-state index contributed by atoms with van der Waals surface area (Å²) in [5, 5.41) is 8.40. The maximum Gasteiger partial charge on any atom is 0.407 e. The van der Waals surface area contributed by atoms with Gasteiger partial charge in [0.25, 0.3) is 10.0 Å². The van der Waals surface area contributed by atoms with Crippen molar-refractivity contribution in [1.82, 2.24) is 15.4 Å². The molecule has 2 atom stereocenters. The predicted molar refractivity (Wildman–Crippen MR) is 195 cm³/mol. The Kier molecular flexibility index (Phi) is 13.2. The third kappa shape index (κ3) is 13.0. The lowest BCUT2D eigenvalue weighted by atomic mass is 10.0. The van der Waals surface area contributed by atoms with Crippen LogP contribution < -0.4 is 21.1 Å². The van der Waals surface area contributed by atoms with Crippen LogP contribution in [0.15, 0.2) is 64.5 Å². The number of sulfonamides is 1. The van der Waals surface area contributed by atoms with Crippen LogP contribution in [0.4, 0.5) is 4.79 Å². The van der Waals surface area contributed by atoms with Gasteiger partial charge in [0, 0.05) is 19.1 Å². The quantitative estimate of drug-likeness (QED) is 0.0781. The fourth-order valence-electron chi connectivity index (χ4n) is 5.55. The van der Waals surface area contributed by atoms with Gasteiger partial charge in [-0.25, -0.2) is 17.9 Å². The summed E-state index contributed by atoms with van der Waals surface area (Å²) in [7, 11) is -3.94. The summed E-state index contributed by atoms with van der Waals surface area (Å²) in [6.45, 7) is 16.6. The molecule has 3 aromatic carbocycles. The van der Waals surface area contributed by atoms with E-state index < -0.39 is 45.4 Å². The van der Waals surface area contributed by atoms with Crippen LogP contribution >= 0.6 is 0 Å². The Morgan fingerprint density at radius 2 is 1.49 bits per heavy atom. The molecule has 49 heavy (non-hydrogen) atoms. The molecule has 0 spiro atoms. The van der Waals surface area contributed by atoms with Gasteiger partial charge in [-0.2, -0.15) is 0 Å². The Bertz CT molecular complexity index is 1740. The van der Waals surface area contributed by atoms with Crippen molar-refractivity contribution in [3.05, 3.63) is 76.9 Å². The minimum absolute atomic E-state index is 0.173. The number of nitrogens with two attached hydrogens (primary N) is 1. The number of nitrogens with zero attached hydrogens (tertiary/aromatic N) is 1. The van der Waals surface area contributed by atoms with E-state index in [2.05, 4.69) is 26.4 Å². The number of aryl methyl sites for hydroxylation is 3. The molecule has 3 aromatic rings.